The van der Waals surface area contributed by atoms with E-state index in [1.54, 1.807) is 18.4 Å². The molecule has 5 heteroatoms. The molecule has 88 valence electrons. The number of ether oxygens (including phenoxy) is 1. The number of carbonyl (C=O) groups is 2. The van der Waals surface area contributed by atoms with E-state index in [1.165, 1.54) is 16.2 Å². The van der Waals surface area contributed by atoms with Gasteiger partial charge in [-0.1, -0.05) is 0 Å². The fourth-order valence-electron chi connectivity index (χ4n) is 1.26. The zero-order valence-corrected chi connectivity index (χ0v) is 10.3. The van der Waals surface area contributed by atoms with Gasteiger partial charge in [0.15, 0.2) is 0 Å². The first kappa shape index (κ1) is 12.7. The summed E-state index contributed by atoms with van der Waals surface area (Å²) in [5.41, 5.74) is 0.621. The lowest BCUT2D eigenvalue weighted by Gasteiger charge is -2.18. The van der Waals surface area contributed by atoms with Gasteiger partial charge in [0.2, 0.25) is 0 Å². The van der Waals surface area contributed by atoms with Gasteiger partial charge in [-0.3, -0.25) is 9.59 Å². The molecule has 0 fully saturated rings. The summed E-state index contributed by atoms with van der Waals surface area (Å²) in [5.74, 6) is -0.496. The van der Waals surface area contributed by atoms with E-state index in [0.717, 1.165) is 0 Å². The van der Waals surface area contributed by atoms with Crippen molar-refractivity contribution in [3.63, 3.8) is 0 Å². The second kappa shape index (κ2) is 6.27. The Labute approximate surface area is 98.8 Å². The van der Waals surface area contributed by atoms with Crippen molar-refractivity contribution >= 4 is 23.2 Å². The second-order valence-corrected chi connectivity index (χ2v) is 3.92. The molecule has 1 rings (SSSR count). The molecule has 1 heterocycles. The SMILES string of the molecule is CCOC(=O)CN(CC)C(=O)c1ccsc1. The lowest BCUT2D eigenvalue weighted by Crippen LogP contribution is -2.36. The van der Waals surface area contributed by atoms with Gasteiger partial charge in [0, 0.05) is 11.9 Å². The van der Waals surface area contributed by atoms with Gasteiger partial charge in [-0.15, -0.1) is 0 Å². The van der Waals surface area contributed by atoms with E-state index in [9.17, 15) is 9.59 Å². The third kappa shape index (κ3) is 3.34. The molecule has 1 aromatic heterocycles. The molecule has 0 aliphatic heterocycles. The highest BCUT2D eigenvalue weighted by molar-refractivity contribution is 7.08. The molecule has 0 saturated carbocycles. The average molecular weight is 241 g/mol. The van der Waals surface area contributed by atoms with Crippen molar-refractivity contribution in [2.45, 2.75) is 13.8 Å². The molecular weight excluding hydrogens is 226 g/mol. The van der Waals surface area contributed by atoms with Crippen LogP contribution in [0.3, 0.4) is 0 Å². The first-order valence-electron chi connectivity index (χ1n) is 5.16. The van der Waals surface area contributed by atoms with Crippen molar-refractivity contribution in [2.24, 2.45) is 0 Å². The summed E-state index contributed by atoms with van der Waals surface area (Å²) < 4.78 is 4.81. The van der Waals surface area contributed by atoms with Gasteiger partial charge >= 0.3 is 5.97 Å². The number of likely N-dealkylation sites (N-methyl/N-ethyl adjacent to an activating group) is 1. The number of hydrogen-bond donors (Lipinski definition) is 0. The Bertz CT molecular complexity index is 348. The zero-order chi connectivity index (χ0) is 12.0. The molecule has 1 amide bonds. The molecule has 16 heavy (non-hydrogen) atoms. The minimum Gasteiger partial charge on any atom is -0.465 e. The Morgan fingerprint density at radius 2 is 2.19 bits per heavy atom. The van der Waals surface area contributed by atoms with Crippen molar-refractivity contribution < 1.29 is 14.3 Å². The summed E-state index contributed by atoms with van der Waals surface area (Å²) in [6, 6.07) is 1.75. The molecule has 0 aliphatic carbocycles. The van der Waals surface area contributed by atoms with Gasteiger partial charge < -0.3 is 9.64 Å². The molecule has 0 atom stereocenters. The zero-order valence-electron chi connectivity index (χ0n) is 9.43. The number of thiophene rings is 1. The lowest BCUT2D eigenvalue weighted by atomic mass is 10.3. The topological polar surface area (TPSA) is 46.6 Å². The predicted molar refractivity (Wildman–Crippen MR) is 62.5 cm³/mol. The number of esters is 1. The average Bonchev–Trinajstić information content (AvgIpc) is 2.78. The van der Waals surface area contributed by atoms with Gasteiger partial charge in [-0.25, -0.2) is 0 Å². The van der Waals surface area contributed by atoms with Crippen LogP contribution in [0.25, 0.3) is 0 Å². The Morgan fingerprint density at radius 1 is 1.44 bits per heavy atom. The van der Waals surface area contributed by atoms with Crippen LogP contribution in [0, 0.1) is 0 Å². The molecule has 0 spiro atoms. The molecule has 0 unspecified atom stereocenters. The summed E-state index contributed by atoms with van der Waals surface area (Å²) >= 11 is 1.46. The molecule has 0 saturated heterocycles. The van der Waals surface area contributed by atoms with Crippen LogP contribution in [0.4, 0.5) is 0 Å². The van der Waals surface area contributed by atoms with E-state index in [1.807, 2.05) is 12.3 Å². The fraction of sp³-hybridized carbons (Fsp3) is 0.455. The van der Waals surface area contributed by atoms with Crippen LogP contribution in [-0.4, -0.2) is 36.5 Å². The van der Waals surface area contributed by atoms with Gasteiger partial charge in [0.1, 0.15) is 6.54 Å². The fourth-order valence-corrected chi connectivity index (χ4v) is 1.89. The number of rotatable bonds is 5. The van der Waals surface area contributed by atoms with E-state index in [-0.39, 0.29) is 18.4 Å². The number of amides is 1. The van der Waals surface area contributed by atoms with Crippen LogP contribution in [0.5, 0.6) is 0 Å². The van der Waals surface area contributed by atoms with Crippen molar-refractivity contribution in [1.82, 2.24) is 4.90 Å². The summed E-state index contributed by atoms with van der Waals surface area (Å²) in [7, 11) is 0. The first-order chi connectivity index (χ1) is 7.69. The largest absolute Gasteiger partial charge is 0.465 e. The highest BCUT2D eigenvalue weighted by Gasteiger charge is 2.17. The second-order valence-electron chi connectivity index (χ2n) is 3.14. The van der Waals surface area contributed by atoms with Gasteiger partial charge in [-0.2, -0.15) is 11.3 Å². The first-order valence-corrected chi connectivity index (χ1v) is 6.10. The van der Waals surface area contributed by atoms with Crippen LogP contribution in [0.1, 0.15) is 24.2 Å². The Balaban J connectivity index is 2.61. The standard InChI is InChI=1S/C11H15NO3S/c1-3-12(7-10(13)15-4-2)11(14)9-5-6-16-8-9/h5-6,8H,3-4,7H2,1-2H3. The molecule has 0 radical (unpaired) electrons. The molecule has 0 N–H and O–H groups in total. The minimum absolute atomic E-state index is 0.0129. The van der Waals surface area contributed by atoms with Crippen LogP contribution >= 0.6 is 11.3 Å². The van der Waals surface area contributed by atoms with Crippen LogP contribution in [0.2, 0.25) is 0 Å². The maximum Gasteiger partial charge on any atom is 0.325 e. The Morgan fingerprint density at radius 3 is 2.69 bits per heavy atom. The number of hydrogen-bond acceptors (Lipinski definition) is 4. The molecule has 1 aromatic rings. The maximum absolute atomic E-state index is 11.9. The quantitative estimate of drug-likeness (QED) is 0.738. The summed E-state index contributed by atoms with van der Waals surface area (Å²) in [5, 5.41) is 3.61. The third-order valence-corrected chi connectivity index (χ3v) is 2.75. The van der Waals surface area contributed by atoms with E-state index in [2.05, 4.69) is 0 Å². The molecule has 0 aromatic carbocycles. The lowest BCUT2D eigenvalue weighted by molar-refractivity contribution is -0.143. The predicted octanol–water partition coefficient (Wildman–Crippen LogP) is 1.77. The van der Waals surface area contributed by atoms with Crippen molar-refractivity contribution in [3.8, 4) is 0 Å². The van der Waals surface area contributed by atoms with E-state index >= 15 is 0 Å². The number of nitrogens with zero attached hydrogens (tertiary/aromatic N) is 1. The van der Waals surface area contributed by atoms with Crippen LogP contribution < -0.4 is 0 Å². The van der Waals surface area contributed by atoms with Gasteiger partial charge in [-0.05, 0) is 25.3 Å². The molecule has 4 nitrogen and oxygen atoms in total. The summed E-state index contributed by atoms with van der Waals surface area (Å²) in [6.45, 7) is 4.42. The molecule has 0 bridgehead atoms. The van der Waals surface area contributed by atoms with Gasteiger partial charge in [0.25, 0.3) is 5.91 Å². The Hall–Kier alpha value is -1.36. The third-order valence-electron chi connectivity index (χ3n) is 2.06. The summed E-state index contributed by atoms with van der Waals surface area (Å²) in [4.78, 5) is 24.6. The summed E-state index contributed by atoms with van der Waals surface area (Å²) in [6.07, 6.45) is 0. The Kier molecular flexibility index (Phi) is 4.98. The highest BCUT2D eigenvalue weighted by atomic mass is 32.1. The van der Waals surface area contributed by atoms with Crippen LogP contribution in [0.15, 0.2) is 16.8 Å². The van der Waals surface area contributed by atoms with E-state index < -0.39 is 0 Å². The number of carbonyl (C=O) groups excluding carboxylic acids is 2. The molecular formula is C11H15NO3S. The van der Waals surface area contributed by atoms with E-state index in [0.29, 0.717) is 18.7 Å². The van der Waals surface area contributed by atoms with E-state index in [4.69, 9.17) is 4.74 Å². The highest BCUT2D eigenvalue weighted by Crippen LogP contribution is 2.09. The molecule has 0 aliphatic rings. The van der Waals surface area contributed by atoms with Crippen molar-refractivity contribution in [1.29, 1.82) is 0 Å². The van der Waals surface area contributed by atoms with Gasteiger partial charge in [0.05, 0.1) is 12.2 Å². The van der Waals surface area contributed by atoms with Crippen LogP contribution in [-0.2, 0) is 9.53 Å². The minimum atomic E-state index is -0.368. The van der Waals surface area contributed by atoms with Crippen molar-refractivity contribution in [2.75, 3.05) is 19.7 Å². The maximum atomic E-state index is 11.9. The van der Waals surface area contributed by atoms with Crippen molar-refractivity contribution in [3.05, 3.63) is 22.4 Å². The monoisotopic (exact) mass is 241 g/mol. The smallest absolute Gasteiger partial charge is 0.325 e. The normalized spacial score (nSPS) is 9.88.